The van der Waals surface area contributed by atoms with Crippen LogP contribution in [0.5, 0.6) is 11.5 Å². The van der Waals surface area contributed by atoms with Crippen molar-refractivity contribution in [1.82, 2.24) is 4.90 Å². The number of amides is 1. The molecule has 6 heteroatoms. The number of hydrogen-bond acceptors (Lipinski definition) is 5. The lowest BCUT2D eigenvalue weighted by atomic mass is 9.93. The minimum Gasteiger partial charge on any atom is -0.507 e. The highest BCUT2D eigenvalue weighted by molar-refractivity contribution is 6.46. The van der Waals surface area contributed by atoms with Crippen molar-refractivity contribution in [2.75, 3.05) is 20.8 Å². The standard InChI is InChI=1S/C24H27NO5/c1-6-11-25-20(16-7-9-17(29-4)10-8-16)19(22(27)24(25)28)21(26)18-13-14(2)12-15(3)23(18)30-5/h7-10,12-13,20,26H,6,11H2,1-5H3/b21-19+. The second-order valence-corrected chi connectivity index (χ2v) is 7.43. The predicted molar refractivity (Wildman–Crippen MR) is 115 cm³/mol. The molecule has 0 spiro atoms. The summed E-state index contributed by atoms with van der Waals surface area (Å²) in [4.78, 5) is 27.3. The molecule has 0 saturated carbocycles. The number of hydrogen-bond donors (Lipinski definition) is 1. The highest BCUT2D eigenvalue weighted by Gasteiger charge is 2.46. The summed E-state index contributed by atoms with van der Waals surface area (Å²) < 4.78 is 10.7. The number of carbonyl (C=O) groups is 2. The van der Waals surface area contributed by atoms with Crippen molar-refractivity contribution in [2.45, 2.75) is 33.2 Å². The van der Waals surface area contributed by atoms with Gasteiger partial charge in [0.2, 0.25) is 0 Å². The van der Waals surface area contributed by atoms with Gasteiger partial charge in [0.1, 0.15) is 17.3 Å². The zero-order valence-electron chi connectivity index (χ0n) is 18.0. The van der Waals surface area contributed by atoms with E-state index in [1.54, 1.807) is 25.3 Å². The van der Waals surface area contributed by atoms with E-state index in [0.29, 0.717) is 30.0 Å². The Balaban J connectivity index is 2.25. The predicted octanol–water partition coefficient (Wildman–Crippen LogP) is 4.15. The molecule has 1 fully saturated rings. The molecule has 1 saturated heterocycles. The largest absolute Gasteiger partial charge is 0.507 e. The Morgan fingerprint density at radius 2 is 1.73 bits per heavy atom. The van der Waals surface area contributed by atoms with Gasteiger partial charge < -0.3 is 19.5 Å². The van der Waals surface area contributed by atoms with E-state index >= 15 is 0 Å². The number of rotatable bonds is 6. The Morgan fingerprint density at radius 1 is 1.07 bits per heavy atom. The van der Waals surface area contributed by atoms with Crippen molar-refractivity contribution in [3.05, 3.63) is 64.2 Å². The maximum absolute atomic E-state index is 13.0. The number of ether oxygens (including phenoxy) is 2. The molecular weight excluding hydrogens is 382 g/mol. The molecule has 1 aliphatic heterocycles. The normalized spacial score (nSPS) is 18.0. The minimum atomic E-state index is -0.692. The molecule has 1 unspecified atom stereocenters. The molecule has 0 radical (unpaired) electrons. The summed E-state index contributed by atoms with van der Waals surface area (Å²) in [5.74, 6) is -0.377. The van der Waals surface area contributed by atoms with E-state index in [2.05, 4.69) is 0 Å². The summed E-state index contributed by atoms with van der Waals surface area (Å²) in [7, 11) is 3.09. The number of aryl methyl sites for hydroxylation is 2. The smallest absolute Gasteiger partial charge is 0.295 e. The summed E-state index contributed by atoms with van der Waals surface area (Å²) in [6.45, 7) is 6.12. The van der Waals surface area contributed by atoms with E-state index in [1.807, 2.05) is 39.0 Å². The van der Waals surface area contributed by atoms with Gasteiger partial charge in [-0.05, 0) is 55.2 Å². The monoisotopic (exact) mass is 409 g/mol. The van der Waals surface area contributed by atoms with Crippen molar-refractivity contribution in [1.29, 1.82) is 0 Å². The third-order valence-corrected chi connectivity index (χ3v) is 5.31. The van der Waals surface area contributed by atoms with Crippen LogP contribution in [0.4, 0.5) is 0 Å². The molecule has 3 rings (SSSR count). The molecule has 6 nitrogen and oxygen atoms in total. The third kappa shape index (κ3) is 3.65. The number of aliphatic hydroxyl groups excluding tert-OH is 1. The SMILES string of the molecule is CCCN1C(=O)C(=O)/C(=C(/O)c2cc(C)cc(C)c2OC)C1c1ccc(OC)cc1. The number of likely N-dealkylation sites (tertiary alicyclic amines) is 1. The average molecular weight is 409 g/mol. The highest BCUT2D eigenvalue weighted by Crippen LogP contribution is 2.42. The summed E-state index contributed by atoms with van der Waals surface area (Å²) >= 11 is 0. The fourth-order valence-corrected chi connectivity index (χ4v) is 4.03. The number of aliphatic hydroxyl groups is 1. The average Bonchev–Trinajstić information content (AvgIpc) is 2.98. The minimum absolute atomic E-state index is 0.0712. The van der Waals surface area contributed by atoms with Crippen LogP contribution < -0.4 is 9.47 Å². The molecule has 0 aliphatic carbocycles. The van der Waals surface area contributed by atoms with Crippen molar-refractivity contribution in [3.63, 3.8) is 0 Å². The van der Waals surface area contributed by atoms with Gasteiger partial charge in [-0.15, -0.1) is 0 Å². The molecule has 0 bridgehead atoms. The number of benzene rings is 2. The zero-order valence-corrected chi connectivity index (χ0v) is 18.0. The van der Waals surface area contributed by atoms with Crippen LogP contribution >= 0.6 is 0 Å². The molecule has 0 aromatic heterocycles. The van der Waals surface area contributed by atoms with Crippen LogP contribution in [-0.2, 0) is 9.59 Å². The fourth-order valence-electron chi connectivity index (χ4n) is 4.03. The van der Waals surface area contributed by atoms with Crippen molar-refractivity contribution < 1.29 is 24.2 Å². The second-order valence-electron chi connectivity index (χ2n) is 7.43. The molecular formula is C24H27NO5. The van der Waals surface area contributed by atoms with Gasteiger partial charge in [-0.2, -0.15) is 0 Å². The Hall–Kier alpha value is -3.28. The van der Waals surface area contributed by atoms with Crippen LogP contribution in [0.2, 0.25) is 0 Å². The van der Waals surface area contributed by atoms with E-state index < -0.39 is 17.7 Å². The summed E-state index contributed by atoms with van der Waals surface area (Å²) in [5, 5.41) is 11.3. The highest BCUT2D eigenvalue weighted by atomic mass is 16.5. The van der Waals surface area contributed by atoms with Crippen LogP contribution in [0.1, 0.15) is 41.6 Å². The molecule has 1 heterocycles. The number of carbonyl (C=O) groups excluding carboxylic acids is 2. The summed E-state index contributed by atoms with van der Waals surface area (Å²) in [6.07, 6.45) is 0.687. The van der Waals surface area contributed by atoms with Gasteiger partial charge in [0.15, 0.2) is 0 Å². The van der Waals surface area contributed by atoms with Gasteiger partial charge in [-0.3, -0.25) is 9.59 Å². The molecule has 158 valence electrons. The first-order chi connectivity index (χ1) is 14.3. The molecule has 1 N–H and O–H groups in total. The first kappa shape index (κ1) is 21.4. The maximum Gasteiger partial charge on any atom is 0.295 e. The number of Topliss-reactive ketones (excluding diaryl/α,β-unsaturated/α-hetero) is 1. The van der Waals surface area contributed by atoms with Gasteiger partial charge >= 0.3 is 0 Å². The lowest BCUT2D eigenvalue weighted by molar-refractivity contribution is -0.139. The van der Waals surface area contributed by atoms with E-state index in [1.165, 1.54) is 12.0 Å². The van der Waals surface area contributed by atoms with Crippen molar-refractivity contribution >= 4 is 17.4 Å². The maximum atomic E-state index is 13.0. The molecule has 1 amide bonds. The second kappa shape index (κ2) is 8.61. The van der Waals surface area contributed by atoms with Crippen LogP contribution in [0, 0.1) is 13.8 Å². The topological polar surface area (TPSA) is 76.1 Å². The lowest BCUT2D eigenvalue weighted by Crippen LogP contribution is -2.30. The zero-order chi connectivity index (χ0) is 22.0. The number of methoxy groups -OCH3 is 2. The molecule has 2 aromatic carbocycles. The van der Waals surface area contributed by atoms with Crippen molar-refractivity contribution in [2.24, 2.45) is 0 Å². The third-order valence-electron chi connectivity index (χ3n) is 5.31. The Labute approximate surface area is 176 Å². The van der Waals surface area contributed by atoms with Gasteiger partial charge in [0, 0.05) is 6.54 Å². The summed E-state index contributed by atoms with van der Waals surface area (Å²) in [6, 6.07) is 10.2. The first-order valence-electron chi connectivity index (χ1n) is 9.92. The van der Waals surface area contributed by atoms with Gasteiger partial charge in [0.05, 0.1) is 31.4 Å². The van der Waals surface area contributed by atoms with E-state index in [0.717, 1.165) is 16.7 Å². The fraction of sp³-hybridized carbons (Fsp3) is 0.333. The lowest BCUT2D eigenvalue weighted by Gasteiger charge is -2.25. The quantitative estimate of drug-likeness (QED) is 0.441. The van der Waals surface area contributed by atoms with Crippen LogP contribution in [0.15, 0.2) is 42.0 Å². The van der Waals surface area contributed by atoms with Gasteiger partial charge in [0.25, 0.3) is 11.7 Å². The van der Waals surface area contributed by atoms with E-state index in [-0.39, 0.29) is 11.3 Å². The van der Waals surface area contributed by atoms with Gasteiger partial charge in [-0.25, -0.2) is 0 Å². The van der Waals surface area contributed by atoms with E-state index in [9.17, 15) is 14.7 Å². The number of ketones is 1. The Kier molecular flexibility index (Phi) is 6.15. The Bertz CT molecular complexity index is 1010. The Morgan fingerprint density at radius 3 is 2.30 bits per heavy atom. The molecule has 30 heavy (non-hydrogen) atoms. The summed E-state index contributed by atoms with van der Waals surface area (Å²) in [5.41, 5.74) is 2.96. The number of nitrogens with zero attached hydrogens (tertiary/aromatic N) is 1. The van der Waals surface area contributed by atoms with Crippen LogP contribution in [0.3, 0.4) is 0 Å². The van der Waals surface area contributed by atoms with Gasteiger partial charge in [-0.1, -0.05) is 25.1 Å². The van der Waals surface area contributed by atoms with Crippen molar-refractivity contribution in [3.8, 4) is 11.5 Å². The molecule has 2 aromatic rings. The van der Waals surface area contributed by atoms with Crippen LogP contribution in [0.25, 0.3) is 5.76 Å². The molecule has 1 atom stereocenters. The first-order valence-corrected chi connectivity index (χ1v) is 9.92. The van der Waals surface area contributed by atoms with Crippen LogP contribution in [-0.4, -0.2) is 42.5 Å². The van der Waals surface area contributed by atoms with E-state index in [4.69, 9.17) is 9.47 Å². The molecule has 1 aliphatic rings.